The number of fused-ring (bicyclic) bond motifs is 1. The lowest BCUT2D eigenvalue weighted by Gasteiger charge is -2.10. The first-order valence-corrected chi connectivity index (χ1v) is 8.13. The van der Waals surface area contributed by atoms with E-state index < -0.39 is 0 Å². The normalized spacial score (nSPS) is 10.7. The molecule has 0 radical (unpaired) electrons. The Balaban J connectivity index is 1.72. The van der Waals surface area contributed by atoms with Crippen LogP contribution in [0.4, 0.5) is 5.95 Å². The van der Waals surface area contributed by atoms with Gasteiger partial charge in [0, 0.05) is 11.6 Å². The fraction of sp³-hybridized carbons (Fsp3) is 0.222. The largest absolute Gasteiger partial charge is 0.493 e. The van der Waals surface area contributed by atoms with Gasteiger partial charge in [-0.1, -0.05) is 17.7 Å². The number of anilines is 1. The van der Waals surface area contributed by atoms with Crippen molar-refractivity contribution in [2.75, 3.05) is 26.1 Å². The van der Waals surface area contributed by atoms with Gasteiger partial charge in [-0.25, -0.2) is 4.98 Å². The molecule has 0 unspecified atom stereocenters. The molecule has 0 spiro atoms. The van der Waals surface area contributed by atoms with Crippen LogP contribution in [-0.2, 0) is 6.42 Å². The molecular weight excluding hydrogens is 342 g/mol. The summed E-state index contributed by atoms with van der Waals surface area (Å²) in [6.07, 6.45) is 0.734. The first kappa shape index (κ1) is 17.1. The molecule has 3 rings (SSSR count). The molecule has 0 saturated heterocycles. The Morgan fingerprint density at radius 3 is 2.68 bits per heavy atom. The Morgan fingerprint density at radius 1 is 1.12 bits per heavy atom. The van der Waals surface area contributed by atoms with Crippen LogP contribution < -0.4 is 20.3 Å². The average Bonchev–Trinajstić information content (AvgIpc) is 2.61. The molecule has 0 aliphatic carbocycles. The van der Waals surface area contributed by atoms with Crippen molar-refractivity contribution in [2.24, 2.45) is 0 Å². The molecule has 0 bridgehead atoms. The predicted molar refractivity (Wildman–Crippen MR) is 99.1 cm³/mol. The summed E-state index contributed by atoms with van der Waals surface area (Å²) in [6, 6.07) is 10.8. The number of nitrogens with one attached hydrogen (secondary N) is 2. The van der Waals surface area contributed by atoms with E-state index in [0.29, 0.717) is 39.9 Å². The minimum absolute atomic E-state index is 0.199. The Labute approximate surface area is 149 Å². The highest BCUT2D eigenvalue weighted by molar-refractivity contribution is 6.31. The van der Waals surface area contributed by atoms with Crippen molar-refractivity contribution in [3.05, 3.63) is 57.3 Å². The fourth-order valence-corrected chi connectivity index (χ4v) is 2.72. The minimum Gasteiger partial charge on any atom is -0.493 e. The molecular formula is C18H18ClN3O3. The number of hydrogen-bond donors (Lipinski definition) is 2. The summed E-state index contributed by atoms with van der Waals surface area (Å²) in [4.78, 5) is 19.2. The molecule has 0 atom stereocenters. The van der Waals surface area contributed by atoms with Crippen LogP contribution in [0.15, 0.2) is 41.2 Å². The summed E-state index contributed by atoms with van der Waals surface area (Å²) >= 11 is 5.97. The number of methoxy groups -OCH3 is 2. The summed E-state index contributed by atoms with van der Waals surface area (Å²) in [5, 5.41) is 4.18. The number of aromatic nitrogens is 2. The van der Waals surface area contributed by atoms with Crippen LogP contribution in [0.2, 0.25) is 5.02 Å². The van der Waals surface area contributed by atoms with Crippen molar-refractivity contribution < 1.29 is 9.47 Å². The van der Waals surface area contributed by atoms with Crippen LogP contribution in [0.5, 0.6) is 11.5 Å². The summed E-state index contributed by atoms with van der Waals surface area (Å²) in [5.41, 5.74) is 1.44. The third-order valence-electron chi connectivity index (χ3n) is 3.82. The highest BCUT2D eigenvalue weighted by Crippen LogP contribution is 2.27. The van der Waals surface area contributed by atoms with Gasteiger partial charge in [0.25, 0.3) is 5.56 Å². The van der Waals surface area contributed by atoms with Gasteiger partial charge in [0.05, 0.1) is 25.1 Å². The predicted octanol–water partition coefficient (Wildman–Crippen LogP) is 3.25. The van der Waals surface area contributed by atoms with Crippen LogP contribution in [0.1, 0.15) is 5.56 Å². The first-order valence-electron chi connectivity index (χ1n) is 7.75. The molecule has 2 N–H and O–H groups in total. The van der Waals surface area contributed by atoms with Gasteiger partial charge < -0.3 is 14.8 Å². The van der Waals surface area contributed by atoms with Crippen molar-refractivity contribution in [1.82, 2.24) is 9.97 Å². The number of aromatic amines is 1. The van der Waals surface area contributed by atoms with Gasteiger partial charge in [0.15, 0.2) is 11.5 Å². The molecule has 0 aliphatic rings. The molecule has 1 heterocycles. The molecule has 3 aromatic rings. The highest BCUT2D eigenvalue weighted by atomic mass is 35.5. The van der Waals surface area contributed by atoms with E-state index >= 15 is 0 Å². The zero-order valence-corrected chi connectivity index (χ0v) is 14.7. The summed E-state index contributed by atoms with van der Waals surface area (Å²) in [5.74, 6) is 1.80. The van der Waals surface area contributed by atoms with E-state index in [1.807, 2.05) is 18.2 Å². The van der Waals surface area contributed by atoms with E-state index in [2.05, 4.69) is 15.3 Å². The van der Waals surface area contributed by atoms with Gasteiger partial charge in [0.1, 0.15) is 0 Å². The highest BCUT2D eigenvalue weighted by Gasteiger charge is 2.06. The lowest BCUT2D eigenvalue weighted by molar-refractivity contribution is 0.354. The zero-order chi connectivity index (χ0) is 17.8. The zero-order valence-electron chi connectivity index (χ0n) is 13.9. The Morgan fingerprint density at radius 2 is 1.92 bits per heavy atom. The molecule has 0 saturated carbocycles. The number of hydrogen-bond acceptors (Lipinski definition) is 5. The topological polar surface area (TPSA) is 76.2 Å². The molecule has 0 amide bonds. The quantitative estimate of drug-likeness (QED) is 0.706. The molecule has 7 heteroatoms. The van der Waals surface area contributed by atoms with E-state index in [0.717, 1.165) is 12.0 Å². The Hall–Kier alpha value is -2.73. The van der Waals surface area contributed by atoms with Crippen LogP contribution in [0, 0.1) is 0 Å². The van der Waals surface area contributed by atoms with Crippen LogP contribution >= 0.6 is 11.6 Å². The van der Waals surface area contributed by atoms with Crippen molar-refractivity contribution in [3.63, 3.8) is 0 Å². The molecule has 6 nitrogen and oxygen atoms in total. The fourth-order valence-electron chi connectivity index (χ4n) is 2.56. The maximum atomic E-state index is 12.1. The average molecular weight is 360 g/mol. The van der Waals surface area contributed by atoms with Crippen LogP contribution in [0.3, 0.4) is 0 Å². The van der Waals surface area contributed by atoms with Crippen molar-refractivity contribution >= 4 is 28.5 Å². The molecule has 130 valence electrons. The third kappa shape index (κ3) is 3.85. The Bertz CT molecular complexity index is 956. The monoisotopic (exact) mass is 359 g/mol. The van der Waals surface area contributed by atoms with E-state index in [-0.39, 0.29) is 5.56 Å². The maximum Gasteiger partial charge on any atom is 0.260 e. The molecule has 25 heavy (non-hydrogen) atoms. The number of ether oxygens (including phenoxy) is 2. The summed E-state index contributed by atoms with van der Waals surface area (Å²) in [6.45, 7) is 0.602. The first-order chi connectivity index (χ1) is 12.1. The maximum absolute atomic E-state index is 12.1. The lowest BCUT2D eigenvalue weighted by Crippen LogP contribution is -2.15. The van der Waals surface area contributed by atoms with Gasteiger partial charge in [-0.05, 0) is 42.3 Å². The SMILES string of the molecule is COc1ccc(CCNc2nc3cc(Cl)ccc3c(=O)[nH]2)cc1OC. The lowest BCUT2D eigenvalue weighted by atomic mass is 10.1. The molecule has 1 aromatic heterocycles. The van der Waals surface area contributed by atoms with Gasteiger partial charge in [-0.2, -0.15) is 0 Å². The second-order valence-corrected chi connectivity index (χ2v) is 5.88. The second-order valence-electron chi connectivity index (χ2n) is 5.44. The number of rotatable bonds is 6. The van der Waals surface area contributed by atoms with E-state index in [9.17, 15) is 4.79 Å². The van der Waals surface area contributed by atoms with Crippen LogP contribution in [0.25, 0.3) is 10.9 Å². The summed E-state index contributed by atoms with van der Waals surface area (Å²) in [7, 11) is 3.21. The van der Waals surface area contributed by atoms with E-state index in [1.54, 1.807) is 32.4 Å². The van der Waals surface area contributed by atoms with Gasteiger partial charge in [-0.15, -0.1) is 0 Å². The molecule has 2 aromatic carbocycles. The minimum atomic E-state index is -0.199. The molecule has 0 fully saturated rings. The van der Waals surface area contributed by atoms with E-state index in [1.165, 1.54) is 0 Å². The van der Waals surface area contributed by atoms with Crippen molar-refractivity contribution in [3.8, 4) is 11.5 Å². The van der Waals surface area contributed by atoms with Gasteiger partial charge >= 0.3 is 0 Å². The third-order valence-corrected chi connectivity index (χ3v) is 4.06. The van der Waals surface area contributed by atoms with Gasteiger partial charge in [0.2, 0.25) is 5.95 Å². The Kier molecular flexibility index (Phi) is 5.09. The standard InChI is InChI=1S/C18H18ClN3O3/c1-24-15-6-3-11(9-16(15)25-2)7-8-20-18-21-14-10-12(19)4-5-13(14)17(23)22-18/h3-6,9-10H,7-8H2,1-2H3,(H2,20,21,22,23). The van der Waals surface area contributed by atoms with Crippen molar-refractivity contribution in [2.45, 2.75) is 6.42 Å². The number of nitrogens with zero attached hydrogens (tertiary/aromatic N) is 1. The van der Waals surface area contributed by atoms with E-state index in [4.69, 9.17) is 21.1 Å². The van der Waals surface area contributed by atoms with Crippen molar-refractivity contribution in [1.29, 1.82) is 0 Å². The molecule has 0 aliphatic heterocycles. The smallest absolute Gasteiger partial charge is 0.260 e. The van der Waals surface area contributed by atoms with Gasteiger partial charge in [-0.3, -0.25) is 9.78 Å². The number of benzene rings is 2. The second kappa shape index (κ2) is 7.44. The number of H-pyrrole nitrogens is 1. The van der Waals surface area contributed by atoms with Crippen LogP contribution in [-0.4, -0.2) is 30.7 Å². The summed E-state index contributed by atoms with van der Waals surface area (Å²) < 4.78 is 10.5. The number of halogens is 1.